The molecule has 6 nitrogen and oxygen atoms in total. The molecule has 0 aliphatic heterocycles. The van der Waals surface area contributed by atoms with Gasteiger partial charge < -0.3 is 4.90 Å². The van der Waals surface area contributed by atoms with Gasteiger partial charge in [-0.3, -0.25) is 9.78 Å². The average Bonchev–Trinajstić information content (AvgIpc) is 2.46. The summed E-state index contributed by atoms with van der Waals surface area (Å²) in [5.41, 5.74) is 1.41. The summed E-state index contributed by atoms with van der Waals surface area (Å²) in [7, 11) is -2.10. The number of hydrogen-bond donors (Lipinski definition) is 1. The lowest BCUT2D eigenvalue weighted by Crippen LogP contribution is -2.27. The van der Waals surface area contributed by atoms with Crippen molar-refractivity contribution in [1.82, 2.24) is 4.98 Å². The van der Waals surface area contributed by atoms with Crippen LogP contribution >= 0.6 is 0 Å². The maximum atomic E-state index is 12.1. The van der Waals surface area contributed by atoms with E-state index in [9.17, 15) is 13.2 Å². The van der Waals surface area contributed by atoms with E-state index in [0.29, 0.717) is 5.69 Å². The summed E-state index contributed by atoms with van der Waals surface area (Å²) in [4.78, 5) is 17.6. The molecule has 7 heteroatoms. The van der Waals surface area contributed by atoms with Crippen LogP contribution in [-0.4, -0.2) is 26.4 Å². The number of rotatable bonds is 4. The molecule has 0 radical (unpaired) electrons. The number of benzene rings is 1. The fraction of sp³-hybridized carbons (Fsp3) is 0.143. The van der Waals surface area contributed by atoms with E-state index in [4.69, 9.17) is 5.14 Å². The number of nitrogens with two attached hydrogens (primary N) is 1. The molecular weight excluding hydrogens is 290 g/mol. The normalized spacial score (nSPS) is 11.1. The third-order valence-electron chi connectivity index (χ3n) is 3.00. The van der Waals surface area contributed by atoms with Gasteiger partial charge in [-0.1, -0.05) is 6.07 Å². The second-order valence-corrected chi connectivity index (χ2v) is 6.09. The van der Waals surface area contributed by atoms with Crippen molar-refractivity contribution >= 4 is 21.6 Å². The van der Waals surface area contributed by atoms with E-state index in [-0.39, 0.29) is 17.2 Å². The van der Waals surface area contributed by atoms with E-state index in [0.717, 1.165) is 5.56 Å². The molecule has 21 heavy (non-hydrogen) atoms. The SMILES string of the molecule is CN(C(=O)Cc1cccnc1)c1ccc(S(N)(=O)=O)cc1. The number of hydrogen-bond acceptors (Lipinski definition) is 4. The van der Waals surface area contributed by atoms with Crippen molar-refractivity contribution in [3.8, 4) is 0 Å². The van der Waals surface area contributed by atoms with Crippen LogP contribution < -0.4 is 10.0 Å². The molecule has 0 saturated heterocycles. The number of likely N-dealkylation sites (N-methyl/N-ethyl adjacent to an activating group) is 1. The van der Waals surface area contributed by atoms with Gasteiger partial charge in [0.25, 0.3) is 0 Å². The molecule has 0 aliphatic carbocycles. The minimum atomic E-state index is -3.73. The zero-order chi connectivity index (χ0) is 15.5. The lowest BCUT2D eigenvalue weighted by atomic mass is 10.2. The molecule has 0 atom stereocenters. The van der Waals surface area contributed by atoms with Gasteiger partial charge in [-0.05, 0) is 35.9 Å². The summed E-state index contributed by atoms with van der Waals surface area (Å²) < 4.78 is 22.4. The van der Waals surface area contributed by atoms with Gasteiger partial charge in [0.1, 0.15) is 0 Å². The van der Waals surface area contributed by atoms with E-state index < -0.39 is 10.0 Å². The van der Waals surface area contributed by atoms with Gasteiger partial charge >= 0.3 is 0 Å². The predicted molar refractivity (Wildman–Crippen MR) is 79.2 cm³/mol. The smallest absolute Gasteiger partial charge is 0.238 e. The maximum Gasteiger partial charge on any atom is 0.238 e. The number of anilines is 1. The topological polar surface area (TPSA) is 93.4 Å². The molecule has 0 aliphatic rings. The Morgan fingerprint density at radius 2 is 1.90 bits per heavy atom. The molecule has 1 amide bonds. The van der Waals surface area contributed by atoms with Gasteiger partial charge in [-0.2, -0.15) is 0 Å². The number of nitrogens with zero attached hydrogens (tertiary/aromatic N) is 2. The number of primary sulfonamides is 1. The van der Waals surface area contributed by atoms with E-state index in [2.05, 4.69) is 4.98 Å². The van der Waals surface area contributed by atoms with Crippen molar-refractivity contribution < 1.29 is 13.2 Å². The monoisotopic (exact) mass is 305 g/mol. The first-order valence-corrected chi connectivity index (χ1v) is 7.71. The Labute approximate surface area is 123 Å². The first kappa shape index (κ1) is 15.1. The van der Waals surface area contributed by atoms with Crippen LogP contribution in [0.3, 0.4) is 0 Å². The van der Waals surface area contributed by atoms with Crippen LogP contribution in [0.25, 0.3) is 0 Å². The molecule has 0 bridgehead atoms. The third-order valence-corrected chi connectivity index (χ3v) is 3.93. The zero-order valence-electron chi connectivity index (χ0n) is 11.4. The Morgan fingerprint density at radius 1 is 1.24 bits per heavy atom. The highest BCUT2D eigenvalue weighted by Gasteiger charge is 2.13. The van der Waals surface area contributed by atoms with Gasteiger partial charge in [0, 0.05) is 25.1 Å². The predicted octanol–water partition coefficient (Wildman–Crippen LogP) is 0.934. The Kier molecular flexibility index (Phi) is 4.35. The van der Waals surface area contributed by atoms with Crippen LogP contribution in [-0.2, 0) is 21.2 Å². The fourth-order valence-electron chi connectivity index (χ4n) is 1.80. The first-order chi connectivity index (χ1) is 9.88. The van der Waals surface area contributed by atoms with Crippen molar-refractivity contribution in [3.05, 3.63) is 54.4 Å². The van der Waals surface area contributed by atoms with Gasteiger partial charge in [-0.15, -0.1) is 0 Å². The van der Waals surface area contributed by atoms with E-state index in [1.165, 1.54) is 17.0 Å². The molecule has 2 rings (SSSR count). The highest BCUT2D eigenvalue weighted by molar-refractivity contribution is 7.89. The Morgan fingerprint density at radius 3 is 2.43 bits per heavy atom. The molecule has 0 fully saturated rings. The average molecular weight is 305 g/mol. The van der Waals surface area contributed by atoms with Crippen molar-refractivity contribution in [2.75, 3.05) is 11.9 Å². The summed E-state index contributed by atoms with van der Waals surface area (Å²) in [6.07, 6.45) is 3.50. The Balaban J connectivity index is 2.12. The molecular formula is C14H15N3O3S. The number of amides is 1. The van der Waals surface area contributed by atoms with Crippen molar-refractivity contribution in [1.29, 1.82) is 0 Å². The minimum Gasteiger partial charge on any atom is -0.315 e. The molecule has 0 spiro atoms. The quantitative estimate of drug-likeness (QED) is 0.909. The molecule has 1 aromatic carbocycles. The van der Waals surface area contributed by atoms with Crippen LogP contribution in [0.5, 0.6) is 0 Å². The molecule has 2 aromatic rings. The number of sulfonamides is 1. The third kappa shape index (κ3) is 3.87. The van der Waals surface area contributed by atoms with Crippen LogP contribution in [0, 0.1) is 0 Å². The van der Waals surface area contributed by atoms with E-state index in [1.807, 2.05) is 6.07 Å². The molecule has 110 valence electrons. The van der Waals surface area contributed by atoms with Gasteiger partial charge in [0.15, 0.2) is 0 Å². The highest BCUT2D eigenvalue weighted by atomic mass is 32.2. The number of pyridine rings is 1. The van der Waals surface area contributed by atoms with Crippen LogP contribution in [0.1, 0.15) is 5.56 Å². The maximum absolute atomic E-state index is 12.1. The van der Waals surface area contributed by atoms with Crippen molar-refractivity contribution in [2.45, 2.75) is 11.3 Å². The minimum absolute atomic E-state index is 0.0133. The molecule has 0 saturated carbocycles. The van der Waals surface area contributed by atoms with Crippen molar-refractivity contribution in [3.63, 3.8) is 0 Å². The molecule has 0 unspecified atom stereocenters. The second-order valence-electron chi connectivity index (χ2n) is 4.53. The molecule has 1 aromatic heterocycles. The van der Waals surface area contributed by atoms with Crippen LogP contribution in [0.4, 0.5) is 5.69 Å². The molecule has 1 heterocycles. The summed E-state index contributed by atoms with van der Waals surface area (Å²) in [6.45, 7) is 0. The second kappa shape index (κ2) is 6.02. The van der Waals surface area contributed by atoms with Gasteiger partial charge in [-0.25, -0.2) is 13.6 Å². The lowest BCUT2D eigenvalue weighted by Gasteiger charge is -2.17. The van der Waals surface area contributed by atoms with Crippen molar-refractivity contribution in [2.24, 2.45) is 5.14 Å². The Hall–Kier alpha value is -2.25. The summed E-state index contributed by atoms with van der Waals surface area (Å²) in [6, 6.07) is 9.42. The number of aromatic nitrogens is 1. The van der Waals surface area contributed by atoms with Crippen LogP contribution in [0.15, 0.2) is 53.7 Å². The van der Waals surface area contributed by atoms with Gasteiger partial charge in [0.05, 0.1) is 11.3 Å². The number of carbonyl (C=O) groups is 1. The zero-order valence-corrected chi connectivity index (χ0v) is 12.2. The largest absolute Gasteiger partial charge is 0.315 e. The first-order valence-electron chi connectivity index (χ1n) is 6.16. The highest BCUT2D eigenvalue weighted by Crippen LogP contribution is 2.17. The summed E-state index contributed by atoms with van der Waals surface area (Å²) in [5, 5.41) is 5.03. The lowest BCUT2D eigenvalue weighted by molar-refractivity contribution is -0.117. The summed E-state index contributed by atoms with van der Waals surface area (Å²) >= 11 is 0. The summed E-state index contributed by atoms with van der Waals surface area (Å²) in [5.74, 6) is -0.119. The van der Waals surface area contributed by atoms with Crippen LogP contribution in [0.2, 0.25) is 0 Å². The molecule has 2 N–H and O–H groups in total. The van der Waals surface area contributed by atoms with E-state index in [1.54, 1.807) is 37.6 Å². The number of carbonyl (C=O) groups excluding carboxylic acids is 1. The van der Waals surface area contributed by atoms with E-state index >= 15 is 0 Å². The Bertz CT molecular complexity index is 728. The fourth-order valence-corrected chi connectivity index (χ4v) is 2.31. The van der Waals surface area contributed by atoms with Gasteiger partial charge in [0.2, 0.25) is 15.9 Å². The standard InChI is InChI=1S/C14H15N3O3S/c1-17(14(18)9-11-3-2-8-16-10-11)12-4-6-13(7-5-12)21(15,19)20/h2-8,10H,9H2,1H3,(H2,15,19,20).